The van der Waals surface area contributed by atoms with E-state index in [-0.39, 0.29) is 5.91 Å². The molecule has 0 aliphatic heterocycles. The lowest BCUT2D eigenvalue weighted by molar-refractivity contribution is 0.0998. The Bertz CT molecular complexity index is 955. The van der Waals surface area contributed by atoms with E-state index in [0.717, 1.165) is 14.7 Å². The van der Waals surface area contributed by atoms with Gasteiger partial charge in [-0.2, -0.15) is 4.99 Å². The number of hydrogen-bond donors (Lipinski definition) is 0. The Kier molecular flexibility index (Phi) is 5.27. The number of amides is 1. The largest absolute Gasteiger partial charge is 0.319 e. The summed E-state index contributed by atoms with van der Waals surface area (Å²) in [7, 11) is 1.93. The zero-order valence-electron chi connectivity index (χ0n) is 13.6. The molecule has 2 aromatic carbocycles. The summed E-state index contributed by atoms with van der Waals surface area (Å²) < 4.78 is 4.07. The maximum atomic E-state index is 12.5. The van der Waals surface area contributed by atoms with Crippen molar-refractivity contribution in [1.82, 2.24) is 4.57 Å². The first-order valence-corrected chi connectivity index (χ1v) is 10.0. The summed E-state index contributed by atoms with van der Waals surface area (Å²) >= 11 is 6.77. The van der Waals surface area contributed by atoms with Crippen LogP contribution in [0, 0.1) is 0 Å². The fourth-order valence-electron chi connectivity index (χ4n) is 2.31. The van der Waals surface area contributed by atoms with Crippen molar-refractivity contribution in [1.29, 1.82) is 0 Å². The van der Waals surface area contributed by atoms with Crippen LogP contribution >= 0.6 is 39.0 Å². The Hall–Kier alpha value is -1.37. The average molecular weight is 421 g/mol. The molecular formula is C18H17BrN2OS2. The highest BCUT2D eigenvalue weighted by Crippen LogP contribution is 2.23. The number of carbonyl (C=O) groups is 1. The Labute approximate surface area is 157 Å². The second-order valence-electron chi connectivity index (χ2n) is 5.66. The van der Waals surface area contributed by atoms with E-state index in [2.05, 4.69) is 34.8 Å². The van der Waals surface area contributed by atoms with Crippen molar-refractivity contribution >= 4 is 55.2 Å². The standard InChI is InChI=1S/C18H17BrN2OS2/c1-11(2)23-14-7-4-12(5-8-14)17(22)20-18-21(3)15-9-6-13(19)10-16(15)24-18/h4-11H,1-3H3. The van der Waals surface area contributed by atoms with E-state index in [4.69, 9.17) is 0 Å². The molecule has 1 aromatic heterocycles. The number of fused-ring (bicyclic) bond motifs is 1. The summed E-state index contributed by atoms with van der Waals surface area (Å²) in [5, 5.41) is 0.521. The summed E-state index contributed by atoms with van der Waals surface area (Å²) in [6, 6.07) is 13.7. The molecule has 0 aliphatic rings. The molecule has 0 spiro atoms. The lowest BCUT2D eigenvalue weighted by atomic mass is 10.2. The molecular weight excluding hydrogens is 404 g/mol. The van der Waals surface area contributed by atoms with Gasteiger partial charge in [0.1, 0.15) is 0 Å². The summed E-state index contributed by atoms with van der Waals surface area (Å²) in [5.74, 6) is -0.211. The van der Waals surface area contributed by atoms with Crippen molar-refractivity contribution in [3.8, 4) is 0 Å². The second-order valence-corrected chi connectivity index (χ2v) is 9.24. The van der Waals surface area contributed by atoms with Crippen LogP contribution in [-0.4, -0.2) is 15.7 Å². The van der Waals surface area contributed by atoms with Crippen molar-refractivity contribution in [2.24, 2.45) is 12.0 Å². The number of hydrogen-bond acceptors (Lipinski definition) is 3. The van der Waals surface area contributed by atoms with Crippen LogP contribution in [0.5, 0.6) is 0 Å². The van der Waals surface area contributed by atoms with Gasteiger partial charge in [-0.25, -0.2) is 0 Å². The number of thioether (sulfide) groups is 1. The molecule has 0 bridgehead atoms. The van der Waals surface area contributed by atoms with Crippen molar-refractivity contribution in [2.45, 2.75) is 24.0 Å². The molecule has 24 heavy (non-hydrogen) atoms. The topological polar surface area (TPSA) is 34.4 Å². The molecule has 6 heteroatoms. The van der Waals surface area contributed by atoms with Gasteiger partial charge in [-0.1, -0.05) is 41.1 Å². The number of aromatic nitrogens is 1. The van der Waals surface area contributed by atoms with Crippen LogP contribution in [0.25, 0.3) is 10.2 Å². The average Bonchev–Trinajstić information content (AvgIpc) is 2.82. The van der Waals surface area contributed by atoms with E-state index in [9.17, 15) is 4.79 Å². The van der Waals surface area contributed by atoms with Crippen LogP contribution in [0.1, 0.15) is 24.2 Å². The number of benzene rings is 2. The summed E-state index contributed by atoms with van der Waals surface area (Å²) in [6.45, 7) is 4.30. The van der Waals surface area contributed by atoms with E-state index in [1.807, 2.05) is 54.1 Å². The number of carbonyl (C=O) groups excluding carboxylic acids is 1. The molecule has 3 rings (SSSR count). The van der Waals surface area contributed by atoms with Crippen molar-refractivity contribution in [3.63, 3.8) is 0 Å². The molecule has 0 radical (unpaired) electrons. The number of nitrogens with zero attached hydrogens (tertiary/aromatic N) is 2. The molecule has 0 N–H and O–H groups in total. The van der Waals surface area contributed by atoms with Gasteiger partial charge in [0.2, 0.25) is 0 Å². The van der Waals surface area contributed by atoms with Gasteiger partial charge >= 0.3 is 0 Å². The van der Waals surface area contributed by atoms with E-state index in [0.29, 0.717) is 15.6 Å². The molecule has 3 nitrogen and oxygen atoms in total. The SMILES string of the molecule is CC(C)Sc1ccc(C(=O)N=c2sc3cc(Br)ccc3n2C)cc1. The predicted octanol–water partition coefficient (Wildman–Crippen LogP) is 5.24. The number of thiazole rings is 1. The molecule has 0 aliphatic carbocycles. The van der Waals surface area contributed by atoms with Crippen molar-refractivity contribution in [3.05, 3.63) is 57.3 Å². The second kappa shape index (κ2) is 7.25. The van der Waals surface area contributed by atoms with Crippen LogP contribution < -0.4 is 4.80 Å². The Morgan fingerprint density at radius 2 is 1.92 bits per heavy atom. The molecule has 3 aromatic rings. The van der Waals surface area contributed by atoms with Crippen LogP contribution in [0.3, 0.4) is 0 Å². The van der Waals surface area contributed by atoms with Gasteiger partial charge < -0.3 is 4.57 Å². The first kappa shape index (κ1) is 17.5. The molecule has 0 saturated heterocycles. The molecule has 0 saturated carbocycles. The maximum absolute atomic E-state index is 12.5. The van der Waals surface area contributed by atoms with Gasteiger partial charge in [0.05, 0.1) is 10.2 Å². The van der Waals surface area contributed by atoms with Crippen molar-refractivity contribution < 1.29 is 4.79 Å². The quantitative estimate of drug-likeness (QED) is 0.542. The van der Waals surface area contributed by atoms with Crippen molar-refractivity contribution in [2.75, 3.05) is 0 Å². The zero-order valence-corrected chi connectivity index (χ0v) is 16.8. The van der Waals surface area contributed by atoms with E-state index in [1.165, 1.54) is 16.2 Å². The number of aryl methyl sites for hydroxylation is 1. The Balaban J connectivity index is 1.93. The highest BCUT2D eigenvalue weighted by molar-refractivity contribution is 9.10. The maximum Gasteiger partial charge on any atom is 0.279 e. The first-order valence-electron chi connectivity index (χ1n) is 7.55. The Morgan fingerprint density at radius 3 is 2.58 bits per heavy atom. The van der Waals surface area contributed by atoms with Crippen LogP contribution in [-0.2, 0) is 7.05 Å². The first-order chi connectivity index (χ1) is 11.4. The van der Waals surface area contributed by atoms with Gasteiger partial charge in [-0.3, -0.25) is 4.79 Å². The third-order valence-electron chi connectivity index (χ3n) is 3.44. The fourth-order valence-corrected chi connectivity index (χ4v) is 4.72. The molecule has 0 unspecified atom stereocenters. The lowest BCUT2D eigenvalue weighted by Crippen LogP contribution is -2.13. The van der Waals surface area contributed by atoms with E-state index < -0.39 is 0 Å². The van der Waals surface area contributed by atoms with Gasteiger partial charge in [0, 0.05) is 27.2 Å². The third-order valence-corrected chi connectivity index (χ3v) is 6.05. The highest BCUT2D eigenvalue weighted by Gasteiger charge is 2.08. The summed E-state index contributed by atoms with van der Waals surface area (Å²) in [5.41, 5.74) is 1.68. The minimum absolute atomic E-state index is 0.211. The lowest BCUT2D eigenvalue weighted by Gasteiger charge is -2.04. The number of halogens is 1. The summed E-state index contributed by atoms with van der Waals surface area (Å²) in [6.07, 6.45) is 0. The van der Waals surface area contributed by atoms with Gasteiger partial charge in [-0.05, 0) is 42.5 Å². The smallest absolute Gasteiger partial charge is 0.279 e. The van der Waals surface area contributed by atoms with Crippen LogP contribution in [0.15, 0.2) is 56.8 Å². The molecule has 1 heterocycles. The van der Waals surface area contributed by atoms with E-state index in [1.54, 1.807) is 11.8 Å². The zero-order chi connectivity index (χ0) is 17.3. The predicted molar refractivity (Wildman–Crippen MR) is 106 cm³/mol. The fraction of sp³-hybridized carbons (Fsp3) is 0.222. The number of rotatable bonds is 3. The molecule has 0 fully saturated rings. The molecule has 1 amide bonds. The normalized spacial score (nSPS) is 12.3. The van der Waals surface area contributed by atoms with Crippen LogP contribution in [0.4, 0.5) is 0 Å². The molecule has 124 valence electrons. The highest BCUT2D eigenvalue weighted by atomic mass is 79.9. The Morgan fingerprint density at radius 1 is 1.21 bits per heavy atom. The monoisotopic (exact) mass is 420 g/mol. The molecule has 0 atom stereocenters. The summed E-state index contributed by atoms with van der Waals surface area (Å²) in [4.78, 5) is 18.6. The van der Waals surface area contributed by atoms with E-state index >= 15 is 0 Å². The van der Waals surface area contributed by atoms with Crippen LogP contribution in [0.2, 0.25) is 0 Å². The van der Waals surface area contributed by atoms with Gasteiger partial charge in [-0.15, -0.1) is 11.8 Å². The minimum atomic E-state index is -0.211. The minimum Gasteiger partial charge on any atom is -0.319 e. The van der Waals surface area contributed by atoms with Gasteiger partial charge in [0.25, 0.3) is 5.91 Å². The van der Waals surface area contributed by atoms with Gasteiger partial charge in [0.15, 0.2) is 4.80 Å². The third kappa shape index (κ3) is 3.82.